The van der Waals surface area contributed by atoms with Crippen LogP contribution in [0.5, 0.6) is 0 Å². The normalized spacial score (nSPS) is 11.8. The molecule has 0 spiro atoms. The molecule has 0 heterocycles. The van der Waals surface area contributed by atoms with Crippen molar-refractivity contribution in [1.82, 2.24) is 5.32 Å². The number of carbonyl (C=O) groups excluding carboxylic acids is 1. The summed E-state index contributed by atoms with van der Waals surface area (Å²) < 4.78 is 0. The Hall–Kier alpha value is -0.530. The lowest BCUT2D eigenvalue weighted by atomic mass is 10.1. The minimum absolute atomic E-state index is 0.0913. The fourth-order valence-corrected chi connectivity index (χ4v) is 0.840. The molecular formula is C9H19NO. The Bertz CT molecular complexity index is 133. The maximum Gasteiger partial charge on any atom is 0.220 e. The van der Waals surface area contributed by atoms with Crippen molar-refractivity contribution in [3.63, 3.8) is 0 Å². The Labute approximate surface area is 69.4 Å². The van der Waals surface area contributed by atoms with Gasteiger partial charge in [-0.1, -0.05) is 13.8 Å². The number of carbonyl (C=O) groups is 1. The van der Waals surface area contributed by atoms with E-state index < -0.39 is 0 Å². The quantitative estimate of drug-likeness (QED) is 0.652. The van der Waals surface area contributed by atoms with Gasteiger partial charge in [-0.15, -0.1) is 0 Å². The van der Waals surface area contributed by atoms with Gasteiger partial charge >= 0.3 is 0 Å². The van der Waals surface area contributed by atoms with E-state index in [1.165, 1.54) is 0 Å². The van der Waals surface area contributed by atoms with Gasteiger partial charge < -0.3 is 5.32 Å². The van der Waals surface area contributed by atoms with Gasteiger partial charge in [0.1, 0.15) is 0 Å². The summed E-state index contributed by atoms with van der Waals surface area (Å²) in [4.78, 5) is 11.2. The highest BCUT2D eigenvalue weighted by Crippen LogP contribution is 2.03. The topological polar surface area (TPSA) is 29.1 Å². The molecule has 0 aromatic heterocycles. The Balaban J connectivity index is 3.71. The molecule has 11 heavy (non-hydrogen) atoms. The van der Waals surface area contributed by atoms with E-state index in [4.69, 9.17) is 0 Å². The minimum atomic E-state index is -0.0913. The lowest BCUT2D eigenvalue weighted by molar-refractivity contribution is -0.123. The first kappa shape index (κ1) is 10.5. The second-order valence-corrected chi connectivity index (χ2v) is 4.40. The van der Waals surface area contributed by atoms with Crippen molar-refractivity contribution < 1.29 is 4.79 Å². The van der Waals surface area contributed by atoms with Crippen LogP contribution in [0, 0.1) is 5.92 Å². The maximum absolute atomic E-state index is 11.2. The van der Waals surface area contributed by atoms with Crippen LogP contribution in [0.25, 0.3) is 0 Å². The highest BCUT2D eigenvalue weighted by atomic mass is 16.1. The molecule has 0 fully saturated rings. The van der Waals surface area contributed by atoms with Crippen molar-refractivity contribution >= 4 is 5.91 Å². The van der Waals surface area contributed by atoms with Crippen LogP contribution in [0.4, 0.5) is 0 Å². The van der Waals surface area contributed by atoms with Gasteiger partial charge in [0.25, 0.3) is 0 Å². The first-order chi connectivity index (χ1) is 4.81. The smallest absolute Gasteiger partial charge is 0.220 e. The fraction of sp³-hybridized carbons (Fsp3) is 0.889. The average Bonchev–Trinajstić information content (AvgIpc) is 1.53. The van der Waals surface area contributed by atoms with Crippen LogP contribution < -0.4 is 5.32 Å². The minimum Gasteiger partial charge on any atom is -0.352 e. The highest BCUT2D eigenvalue weighted by Gasteiger charge is 2.13. The lowest BCUT2D eigenvalue weighted by Crippen LogP contribution is -2.40. The van der Waals surface area contributed by atoms with Crippen molar-refractivity contribution in [2.75, 3.05) is 0 Å². The fourth-order valence-electron chi connectivity index (χ4n) is 0.840. The molecule has 1 N–H and O–H groups in total. The van der Waals surface area contributed by atoms with E-state index in [0.717, 1.165) is 0 Å². The molecule has 2 nitrogen and oxygen atoms in total. The molecule has 0 saturated heterocycles. The van der Waals surface area contributed by atoms with E-state index in [9.17, 15) is 4.79 Å². The molecule has 0 atom stereocenters. The maximum atomic E-state index is 11.2. The zero-order valence-corrected chi connectivity index (χ0v) is 8.19. The number of nitrogens with one attached hydrogen (secondary N) is 1. The van der Waals surface area contributed by atoms with Crippen molar-refractivity contribution in [3.8, 4) is 0 Å². The molecule has 0 aromatic carbocycles. The number of hydrogen-bond donors (Lipinski definition) is 1. The van der Waals surface area contributed by atoms with Gasteiger partial charge in [-0.05, 0) is 26.7 Å². The van der Waals surface area contributed by atoms with Crippen LogP contribution >= 0.6 is 0 Å². The van der Waals surface area contributed by atoms with E-state index in [1.807, 2.05) is 34.6 Å². The van der Waals surface area contributed by atoms with Gasteiger partial charge in [0, 0.05) is 12.0 Å². The molecule has 0 unspecified atom stereocenters. The van der Waals surface area contributed by atoms with Crippen molar-refractivity contribution in [3.05, 3.63) is 0 Å². The summed E-state index contributed by atoms with van der Waals surface area (Å²) >= 11 is 0. The molecule has 0 radical (unpaired) electrons. The van der Waals surface area contributed by atoms with Gasteiger partial charge in [-0.3, -0.25) is 4.79 Å². The van der Waals surface area contributed by atoms with Gasteiger partial charge in [0.15, 0.2) is 0 Å². The third-order valence-corrected chi connectivity index (χ3v) is 1.11. The summed E-state index contributed by atoms with van der Waals surface area (Å²) in [6.45, 7) is 10.1. The Morgan fingerprint density at radius 3 is 2.09 bits per heavy atom. The van der Waals surface area contributed by atoms with Crippen LogP contribution in [0.3, 0.4) is 0 Å². The van der Waals surface area contributed by atoms with Crippen molar-refractivity contribution in [2.24, 2.45) is 5.92 Å². The van der Waals surface area contributed by atoms with Gasteiger partial charge in [-0.25, -0.2) is 0 Å². The Kier molecular flexibility index (Phi) is 3.56. The highest BCUT2D eigenvalue weighted by molar-refractivity contribution is 5.76. The predicted octanol–water partition coefficient (Wildman–Crippen LogP) is 1.95. The van der Waals surface area contributed by atoms with Gasteiger partial charge in [-0.2, -0.15) is 0 Å². The van der Waals surface area contributed by atoms with Crippen LogP contribution in [0.15, 0.2) is 0 Å². The first-order valence-electron chi connectivity index (χ1n) is 4.12. The Morgan fingerprint density at radius 2 is 1.82 bits per heavy atom. The van der Waals surface area contributed by atoms with Crippen LogP contribution in [-0.2, 0) is 4.79 Å². The summed E-state index contributed by atoms with van der Waals surface area (Å²) in [6.07, 6.45) is 0.622. The second-order valence-electron chi connectivity index (χ2n) is 4.40. The third-order valence-electron chi connectivity index (χ3n) is 1.11. The van der Waals surface area contributed by atoms with E-state index in [1.54, 1.807) is 0 Å². The second kappa shape index (κ2) is 3.74. The van der Waals surface area contributed by atoms with Crippen LogP contribution in [-0.4, -0.2) is 11.4 Å². The first-order valence-corrected chi connectivity index (χ1v) is 4.12. The SMILES string of the molecule is CC(C)CC(=O)NC(C)(C)C. The standard InChI is InChI=1S/C9H19NO/c1-7(2)6-8(11)10-9(3,4)5/h7H,6H2,1-5H3,(H,10,11). The molecule has 0 aromatic rings. The predicted molar refractivity (Wildman–Crippen MR) is 47.4 cm³/mol. The zero-order valence-electron chi connectivity index (χ0n) is 8.19. The summed E-state index contributed by atoms with van der Waals surface area (Å²) in [7, 11) is 0. The summed E-state index contributed by atoms with van der Waals surface area (Å²) in [5, 5.41) is 2.91. The van der Waals surface area contributed by atoms with Crippen molar-refractivity contribution in [2.45, 2.75) is 46.6 Å². The molecule has 0 saturated carbocycles. The van der Waals surface area contributed by atoms with Gasteiger partial charge in [0.05, 0.1) is 0 Å². The molecular weight excluding hydrogens is 138 g/mol. The monoisotopic (exact) mass is 157 g/mol. The van der Waals surface area contributed by atoms with E-state index >= 15 is 0 Å². The molecule has 1 amide bonds. The molecule has 66 valence electrons. The summed E-state index contributed by atoms with van der Waals surface area (Å²) in [5.74, 6) is 0.588. The summed E-state index contributed by atoms with van der Waals surface area (Å²) in [5.41, 5.74) is -0.0913. The largest absolute Gasteiger partial charge is 0.352 e. The molecule has 0 aliphatic carbocycles. The van der Waals surface area contributed by atoms with Gasteiger partial charge in [0.2, 0.25) is 5.91 Å². The molecule has 0 rings (SSSR count). The average molecular weight is 157 g/mol. The van der Waals surface area contributed by atoms with Crippen molar-refractivity contribution in [1.29, 1.82) is 0 Å². The number of hydrogen-bond acceptors (Lipinski definition) is 1. The van der Waals surface area contributed by atoms with E-state index in [0.29, 0.717) is 12.3 Å². The molecule has 2 heteroatoms. The van der Waals surface area contributed by atoms with E-state index in [-0.39, 0.29) is 11.4 Å². The third kappa shape index (κ3) is 7.37. The number of amides is 1. The van der Waals surface area contributed by atoms with E-state index in [2.05, 4.69) is 5.32 Å². The van der Waals surface area contributed by atoms with Crippen LogP contribution in [0.1, 0.15) is 41.0 Å². The lowest BCUT2D eigenvalue weighted by Gasteiger charge is -2.21. The van der Waals surface area contributed by atoms with Crippen LogP contribution in [0.2, 0.25) is 0 Å². The zero-order chi connectivity index (χ0) is 9.07. The number of rotatable bonds is 2. The summed E-state index contributed by atoms with van der Waals surface area (Å²) in [6, 6.07) is 0. The Morgan fingerprint density at radius 1 is 1.36 bits per heavy atom. The molecule has 0 bridgehead atoms. The molecule has 0 aliphatic rings. The molecule has 0 aliphatic heterocycles.